The molecular weight excluding hydrogens is 535 g/mol. The first-order valence-electron chi connectivity index (χ1n) is 10.4. The van der Waals surface area contributed by atoms with E-state index in [0.29, 0.717) is 10.6 Å². The van der Waals surface area contributed by atoms with Crippen LogP contribution in [0.15, 0.2) is 60.7 Å². The van der Waals surface area contributed by atoms with E-state index < -0.39 is 21.9 Å². The van der Waals surface area contributed by atoms with Crippen molar-refractivity contribution >= 4 is 57.8 Å². The Bertz CT molecular complexity index is 1250. The molecule has 0 bridgehead atoms. The molecule has 0 aromatic heterocycles. The summed E-state index contributed by atoms with van der Waals surface area (Å²) in [5.41, 5.74) is 0.841. The molecule has 3 rings (SSSR count). The number of benzene rings is 3. The number of anilines is 1. The Hall–Kier alpha value is -3.28. The molecule has 0 saturated heterocycles. The Morgan fingerprint density at radius 1 is 0.917 bits per heavy atom. The summed E-state index contributed by atoms with van der Waals surface area (Å²) in [5.74, 6) is -0.530. The van der Waals surface area contributed by atoms with Crippen molar-refractivity contribution in [1.29, 1.82) is 0 Å². The van der Waals surface area contributed by atoms with E-state index >= 15 is 0 Å². The lowest BCUT2D eigenvalue weighted by molar-refractivity contribution is -0.385. The van der Waals surface area contributed by atoms with Gasteiger partial charge in [0.1, 0.15) is 0 Å². The third kappa shape index (κ3) is 7.36. The molecule has 0 aliphatic carbocycles. The molecule has 2 N–H and O–H groups in total. The van der Waals surface area contributed by atoms with Gasteiger partial charge < -0.3 is 10.4 Å². The maximum absolute atomic E-state index is 12.8. The van der Waals surface area contributed by atoms with Gasteiger partial charge in [0.15, 0.2) is 0 Å². The number of rotatable bonds is 10. The predicted octanol–water partition coefficient (Wildman–Crippen LogP) is 5.64. The van der Waals surface area contributed by atoms with Crippen molar-refractivity contribution < 1.29 is 19.7 Å². The fourth-order valence-electron chi connectivity index (χ4n) is 3.37. The Morgan fingerprint density at radius 2 is 1.47 bits per heavy atom. The third-order valence-corrected chi connectivity index (χ3v) is 5.96. The van der Waals surface area contributed by atoms with Gasteiger partial charge in [-0.1, -0.05) is 46.9 Å². The van der Waals surface area contributed by atoms with Gasteiger partial charge in [-0.15, -0.1) is 0 Å². The average molecular weight is 554 g/mol. The van der Waals surface area contributed by atoms with Gasteiger partial charge in [0.2, 0.25) is 5.91 Å². The van der Waals surface area contributed by atoms with Crippen molar-refractivity contribution in [3.63, 3.8) is 0 Å². The molecule has 1 amide bonds. The quantitative estimate of drug-likeness (QED) is 0.245. The van der Waals surface area contributed by atoms with Gasteiger partial charge >= 0.3 is 0 Å². The molecule has 36 heavy (non-hydrogen) atoms. The van der Waals surface area contributed by atoms with Gasteiger partial charge in [-0.2, -0.15) is 0 Å². The van der Waals surface area contributed by atoms with Crippen LogP contribution in [0.3, 0.4) is 0 Å². The van der Waals surface area contributed by atoms with Crippen molar-refractivity contribution in [2.75, 3.05) is 18.4 Å². The lowest BCUT2D eigenvalue weighted by Gasteiger charge is -2.25. The first kappa shape index (κ1) is 27.3. The first-order chi connectivity index (χ1) is 17.0. The number of non-ortho nitro benzene ring substituents is 2. The molecule has 0 spiro atoms. The van der Waals surface area contributed by atoms with Crippen LogP contribution >= 0.6 is 34.8 Å². The number of hydrogen-bond donors (Lipinski definition) is 2. The van der Waals surface area contributed by atoms with E-state index in [2.05, 4.69) is 5.32 Å². The number of nitrogens with one attached hydrogen (secondary N) is 1. The topological polar surface area (TPSA) is 139 Å². The number of nitro benzene ring substituents is 2. The van der Waals surface area contributed by atoms with Crippen LogP contribution in [0.1, 0.15) is 17.2 Å². The SMILES string of the molecule is O=C(CN(Cc1ccc(Cl)cc1)CC(O)c1ccc([N+](=O)[O-])cc1)Nc1c(Cl)cc([N+](=O)[O-])cc1Cl. The number of hydrogen-bond acceptors (Lipinski definition) is 7. The summed E-state index contributed by atoms with van der Waals surface area (Å²) in [6.45, 7) is 0.0717. The fraction of sp³-hybridized carbons (Fsp3) is 0.174. The summed E-state index contributed by atoms with van der Waals surface area (Å²) in [4.78, 5) is 35.2. The van der Waals surface area contributed by atoms with E-state index in [1.54, 1.807) is 29.2 Å². The molecule has 3 aromatic rings. The molecule has 1 atom stereocenters. The number of aliphatic hydroxyl groups is 1. The van der Waals surface area contributed by atoms with Gasteiger partial charge in [0.05, 0.1) is 38.2 Å². The van der Waals surface area contributed by atoms with Crippen LogP contribution in [-0.2, 0) is 11.3 Å². The lowest BCUT2D eigenvalue weighted by Crippen LogP contribution is -2.36. The van der Waals surface area contributed by atoms with Crippen molar-refractivity contribution in [2.24, 2.45) is 0 Å². The highest BCUT2D eigenvalue weighted by molar-refractivity contribution is 6.40. The van der Waals surface area contributed by atoms with Crippen molar-refractivity contribution in [2.45, 2.75) is 12.6 Å². The monoisotopic (exact) mass is 552 g/mol. The Labute approximate surface area is 220 Å². The highest BCUT2D eigenvalue weighted by atomic mass is 35.5. The number of carbonyl (C=O) groups excluding carboxylic acids is 1. The molecular formula is C23H19Cl3N4O6. The number of halogens is 3. The zero-order valence-corrected chi connectivity index (χ0v) is 20.7. The van der Waals surface area contributed by atoms with Gasteiger partial charge in [0.25, 0.3) is 11.4 Å². The average Bonchev–Trinajstić information content (AvgIpc) is 2.82. The van der Waals surface area contributed by atoms with Crippen LogP contribution < -0.4 is 5.32 Å². The minimum Gasteiger partial charge on any atom is -0.387 e. The summed E-state index contributed by atoms with van der Waals surface area (Å²) in [6, 6.07) is 14.5. The summed E-state index contributed by atoms with van der Waals surface area (Å²) in [7, 11) is 0. The molecule has 3 aromatic carbocycles. The van der Waals surface area contributed by atoms with E-state index in [4.69, 9.17) is 34.8 Å². The van der Waals surface area contributed by atoms with Crippen LogP contribution in [0.4, 0.5) is 17.1 Å². The van der Waals surface area contributed by atoms with Gasteiger partial charge in [0, 0.05) is 42.4 Å². The maximum Gasteiger partial charge on any atom is 0.272 e. The number of amides is 1. The number of nitro groups is 2. The van der Waals surface area contributed by atoms with Crippen LogP contribution in [0, 0.1) is 20.2 Å². The summed E-state index contributed by atoms with van der Waals surface area (Å²) in [5, 5.41) is 35.5. The fourth-order valence-corrected chi connectivity index (χ4v) is 4.06. The molecule has 0 saturated carbocycles. The Morgan fingerprint density at radius 3 is 2.00 bits per heavy atom. The Kier molecular flexibility index (Phi) is 9.19. The predicted molar refractivity (Wildman–Crippen MR) is 137 cm³/mol. The smallest absolute Gasteiger partial charge is 0.272 e. The van der Waals surface area contributed by atoms with E-state index in [-0.39, 0.29) is 46.7 Å². The van der Waals surface area contributed by atoms with Crippen molar-refractivity contribution in [1.82, 2.24) is 4.90 Å². The molecule has 0 heterocycles. The summed E-state index contributed by atoms with van der Waals surface area (Å²) >= 11 is 18.1. The number of aliphatic hydroxyl groups excluding tert-OH is 1. The second kappa shape index (κ2) is 12.1. The summed E-state index contributed by atoms with van der Waals surface area (Å²) in [6.07, 6.45) is -1.06. The van der Waals surface area contributed by atoms with Crippen molar-refractivity contribution in [3.8, 4) is 0 Å². The van der Waals surface area contributed by atoms with Gasteiger partial charge in [-0.05, 0) is 35.4 Å². The van der Waals surface area contributed by atoms with Crippen molar-refractivity contribution in [3.05, 3.63) is 107 Å². The zero-order valence-electron chi connectivity index (χ0n) is 18.4. The molecule has 1 unspecified atom stereocenters. The maximum atomic E-state index is 12.8. The second-order valence-electron chi connectivity index (χ2n) is 7.75. The van der Waals surface area contributed by atoms with E-state index in [1.165, 1.54) is 24.3 Å². The molecule has 10 nitrogen and oxygen atoms in total. The minimum atomic E-state index is -1.06. The number of carbonyl (C=O) groups is 1. The molecule has 0 radical (unpaired) electrons. The second-order valence-corrected chi connectivity index (χ2v) is 9.00. The van der Waals surface area contributed by atoms with Crippen LogP contribution in [-0.4, -0.2) is 38.8 Å². The van der Waals surface area contributed by atoms with E-state index in [9.17, 15) is 30.1 Å². The van der Waals surface area contributed by atoms with Crippen LogP contribution in [0.5, 0.6) is 0 Å². The zero-order chi connectivity index (χ0) is 26.4. The third-order valence-electron chi connectivity index (χ3n) is 5.11. The molecule has 0 aliphatic heterocycles. The van der Waals surface area contributed by atoms with Gasteiger partial charge in [-0.25, -0.2) is 0 Å². The summed E-state index contributed by atoms with van der Waals surface area (Å²) < 4.78 is 0. The van der Waals surface area contributed by atoms with Gasteiger partial charge in [-0.3, -0.25) is 29.9 Å². The molecule has 0 aliphatic rings. The molecule has 0 fully saturated rings. The first-order valence-corrected chi connectivity index (χ1v) is 11.5. The normalized spacial score (nSPS) is 11.8. The van der Waals surface area contributed by atoms with Crippen LogP contribution in [0.25, 0.3) is 0 Å². The van der Waals surface area contributed by atoms with E-state index in [1.807, 2.05) is 0 Å². The van der Waals surface area contributed by atoms with Crippen LogP contribution in [0.2, 0.25) is 15.1 Å². The minimum absolute atomic E-state index is 0.00951. The highest BCUT2D eigenvalue weighted by Crippen LogP contribution is 2.34. The standard InChI is InChI=1S/C23H19Cl3N4O6/c24-16-5-1-14(2-6-16)11-28(12-21(31)15-3-7-17(8-4-15)29(33)34)13-22(32)27-23-19(25)9-18(30(35)36)10-20(23)26/h1-10,21,31H,11-13H2,(H,27,32). The molecule has 13 heteroatoms. The largest absolute Gasteiger partial charge is 0.387 e. The Balaban J connectivity index is 1.78. The lowest BCUT2D eigenvalue weighted by atomic mass is 10.1. The van der Waals surface area contributed by atoms with E-state index in [0.717, 1.165) is 17.7 Å². The number of nitrogens with zero attached hydrogens (tertiary/aromatic N) is 3. The highest BCUT2D eigenvalue weighted by Gasteiger charge is 2.21. The molecule has 188 valence electrons.